The zero-order valence-electron chi connectivity index (χ0n) is 13.6. The standard InChI is InChI=1S/C17H12Br2Cl2N6/c18-11-3-1-10(2-4-11)9-26-17(23-24-25-26)13-8-22-27(16(13)19)15-7-12(20)5-6-14(15)21/h1-8,24-25H,9H2. The first-order chi connectivity index (χ1) is 13.0. The second-order valence-electron chi connectivity index (χ2n) is 5.73. The van der Waals surface area contributed by atoms with Crippen LogP contribution >= 0.6 is 55.1 Å². The first-order valence-electron chi connectivity index (χ1n) is 7.82. The second-order valence-corrected chi connectivity index (χ2v) is 8.24. The lowest BCUT2D eigenvalue weighted by Crippen LogP contribution is -2.40. The normalized spacial score (nSPS) is 13.6. The van der Waals surface area contributed by atoms with Crippen LogP contribution < -0.4 is 11.1 Å². The lowest BCUT2D eigenvalue weighted by atomic mass is 10.2. The van der Waals surface area contributed by atoms with E-state index in [9.17, 15) is 0 Å². The maximum absolute atomic E-state index is 6.31. The third-order valence-electron chi connectivity index (χ3n) is 3.94. The zero-order chi connectivity index (χ0) is 19.0. The van der Waals surface area contributed by atoms with E-state index < -0.39 is 0 Å². The molecule has 2 heterocycles. The number of hydrogen-bond acceptors (Lipinski definition) is 5. The van der Waals surface area contributed by atoms with Crippen LogP contribution in [0.2, 0.25) is 10.0 Å². The van der Waals surface area contributed by atoms with Crippen LogP contribution in [0.3, 0.4) is 0 Å². The molecule has 10 heteroatoms. The fraction of sp³-hybridized carbons (Fsp3) is 0.0588. The summed E-state index contributed by atoms with van der Waals surface area (Å²) in [5.41, 5.74) is 8.44. The van der Waals surface area contributed by atoms with Gasteiger partial charge in [0.25, 0.3) is 0 Å². The quantitative estimate of drug-likeness (QED) is 0.504. The van der Waals surface area contributed by atoms with Crippen LogP contribution in [-0.2, 0) is 6.54 Å². The summed E-state index contributed by atoms with van der Waals surface area (Å²) in [5.74, 6) is 0.703. The van der Waals surface area contributed by atoms with Gasteiger partial charge >= 0.3 is 0 Å². The summed E-state index contributed by atoms with van der Waals surface area (Å²) in [5, 5.41) is 11.8. The summed E-state index contributed by atoms with van der Waals surface area (Å²) in [6, 6.07) is 13.3. The van der Waals surface area contributed by atoms with Crippen molar-refractivity contribution in [2.75, 3.05) is 0 Å². The van der Waals surface area contributed by atoms with Crippen LogP contribution in [0.15, 0.2) is 62.8 Å². The minimum Gasteiger partial charge on any atom is -0.266 e. The molecule has 0 unspecified atom stereocenters. The number of benzene rings is 2. The van der Waals surface area contributed by atoms with Gasteiger partial charge in [-0.3, -0.25) is 5.01 Å². The van der Waals surface area contributed by atoms with E-state index in [1.807, 2.05) is 29.3 Å². The third kappa shape index (κ3) is 3.86. The largest absolute Gasteiger partial charge is 0.266 e. The van der Waals surface area contributed by atoms with E-state index in [0.717, 1.165) is 20.2 Å². The van der Waals surface area contributed by atoms with Crippen molar-refractivity contribution in [2.24, 2.45) is 5.10 Å². The SMILES string of the molecule is Clc1ccc(Cl)c(-n2ncc(C3=NNNN3Cc3ccc(Br)cc3)c2Br)c1. The van der Waals surface area contributed by atoms with E-state index in [-0.39, 0.29) is 0 Å². The summed E-state index contributed by atoms with van der Waals surface area (Å²) in [4.78, 5) is 0. The zero-order valence-corrected chi connectivity index (χ0v) is 18.3. The Hall–Kier alpha value is -1.58. The molecule has 1 aliphatic heterocycles. The molecule has 0 saturated heterocycles. The second kappa shape index (κ2) is 7.81. The molecule has 4 rings (SSSR count). The van der Waals surface area contributed by atoms with Gasteiger partial charge in [-0.25, -0.2) is 10.2 Å². The monoisotopic (exact) mass is 528 g/mol. The van der Waals surface area contributed by atoms with Crippen molar-refractivity contribution in [3.05, 3.63) is 78.9 Å². The van der Waals surface area contributed by atoms with Gasteiger partial charge < -0.3 is 0 Å². The highest BCUT2D eigenvalue weighted by atomic mass is 79.9. The van der Waals surface area contributed by atoms with E-state index in [2.05, 4.69) is 53.1 Å². The van der Waals surface area contributed by atoms with Crippen molar-refractivity contribution < 1.29 is 0 Å². The van der Waals surface area contributed by atoms with Gasteiger partial charge in [0.15, 0.2) is 5.84 Å². The summed E-state index contributed by atoms with van der Waals surface area (Å²) in [6.45, 7) is 0.620. The minimum absolute atomic E-state index is 0.547. The Morgan fingerprint density at radius 1 is 1.04 bits per heavy atom. The van der Waals surface area contributed by atoms with Crippen LogP contribution in [0.4, 0.5) is 0 Å². The van der Waals surface area contributed by atoms with Crippen LogP contribution in [0.5, 0.6) is 0 Å². The number of hydrogen-bond donors (Lipinski definition) is 2. The maximum atomic E-state index is 6.31. The molecular formula is C17H12Br2Cl2N6. The molecule has 6 nitrogen and oxygen atoms in total. The molecular weight excluding hydrogens is 519 g/mol. The molecule has 0 saturated carbocycles. The van der Waals surface area contributed by atoms with Gasteiger partial charge in [0.1, 0.15) is 4.60 Å². The smallest absolute Gasteiger partial charge is 0.177 e. The lowest BCUT2D eigenvalue weighted by Gasteiger charge is -2.18. The third-order valence-corrected chi connectivity index (χ3v) is 5.79. The molecule has 0 spiro atoms. The molecule has 0 fully saturated rings. The molecule has 0 amide bonds. The summed E-state index contributed by atoms with van der Waals surface area (Å²) in [6.07, 6.45) is 1.73. The van der Waals surface area contributed by atoms with Crippen molar-refractivity contribution in [2.45, 2.75) is 6.54 Å². The predicted octanol–water partition coefficient (Wildman–Crippen LogP) is 4.89. The topological polar surface area (TPSA) is 57.5 Å². The van der Waals surface area contributed by atoms with Gasteiger partial charge in [0.2, 0.25) is 0 Å². The molecule has 0 radical (unpaired) electrons. The number of hydrazone groups is 1. The fourth-order valence-corrected chi connectivity index (χ4v) is 3.83. The summed E-state index contributed by atoms with van der Waals surface area (Å²) >= 11 is 19.5. The van der Waals surface area contributed by atoms with E-state index in [0.29, 0.717) is 28.1 Å². The van der Waals surface area contributed by atoms with Crippen molar-refractivity contribution in [1.29, 1.82) is 0 Å². The van der Waals surface area contributed by atoms with Crippen molar-refractivity contribution in [1.82, 2.24) is 25.9 Å². The Morgan fingerprint density at radius 3 is 2.59 bits per heavy atom. The first kappa shape index (κ1) is 18.8. The number of nitrogens with one attached hydrogen (secondary N) is 2. The number of amidine groups is 1. The molecule has 0 aliphatic carbocycles. The van der Waals surface area contributed by atoms with Crippen molar-refractivity contribution in [3.8, 4) is 5.69 Å². The molecule has 2 aromatic carbocycles. The van der Waals surface area contributed by atoms with Gasteiger partial charge in [0, 0.05) is 9.50 Å². The number of hydrazine groups is 2. The molecule has 0 atom stereocenters. The van der Waals surface area contributed by atoms with E-state index in [1.54, 1.807) is 29.1 Å². The van der Waals surface area contributed by atoms with E-state index in [1.165, 1.54) is 0 Å². The predicted molar refractivity (Wildman–Crippen MR) is 114 cm³/mol. The number of halogens is 4. The molecule has 3 aromatic rings. The Bertz CT molecular complexity index is 1020. The Kier molecular flexibility index (Phi) is 5.43. The Labute approximate surface area is 182 Å². The van der Waals surface area contributed by atoms with Crippen LogP contribution in [0.25, 0.3) is 5.69 Å². The Balaban J connectivity index is 1.64. The number of nitrogens with zero attached hydrogens (tertiary/aromatic N) is 4. The lowest BCUT2D eigenvalue weighted by molar-refractivity contribution is 0.288. The van der Waals surface area contributed by atoms with Crippen LogP contribution in [0, 0.1) is 0 Å². The van der Waals surface area contributed by atoms with Gasteiger partial charge in [-0.1, -0.05) is 51.3 Å². The van der Waals surface area contributed by atoms with Crippen LogP contribution in [-0.4, -0.2) is 20.6 Å². The average molecular weight is 531 g/mol. The van der Waals surface area contributed by atoms with Gasteiger partial charge in [-0.05, 0) is 51.8 Å². The summed E-state index contributed by atoms with van der Waals surface area (Å²) < 4.78 is 3.44. The molecule has 1 aliphatic rings. The number of rotatable bonds is 4. The first-order valence-corrected chi connectivity index (χ1v) is 10.2. The molecule has 0 bridgehead atoms. The molecule has 138 valence electrons. The fourth-order valence-electron chi connectivity index (χ4n) is 2.64. The highest BCUT2D eigenvalue weighted by Gasteiger charge is 2.24. The van der Waals surface area contributed by atoms with Crippen LogP contribution in [0.1, 0.15) is 11.1 Å². The van der Waals surface area contributed by atoms with Crippen molar-refractivity contribution in [3.63, 3.8) is 0 Å². The highest BCUT2D eigenvalue weighted by Crippen LogP contribution is 2.29. The molecule has 1 aromatic heterocycles. The van der Waals surface area contributed by atoms with E-state index >= 15 is 0 Å². The van der Waals surface area contributed by atoms with Crippen molar-refractivity contribution >= 4 is 60.9 Å². The number of aromatic nitrogens is 2. The highest BCUT2D eigenvalue weighted by molar-refractivity contribution is 9.10. The maximum Gasteiger partial charge on any atom is 0.177 e. The molecule has 27 heavy (non-hydrogen) atoms. The van der Waals surface area contributed by atoms with E-state index in [4.69, 9.17) is 23.2 Å². The average Bonchev–Trinajstić information content (AvgIpc) is 3.25. The van der Waals surface area contributed by atoms with Gasteiger partial charge in [0.05, 0.1) is 29.0 Å². The summed E-state index contributed by atoms with van der Waals surface area (Å²) in [7, 11) is 0. The molecule has 2 N–H and O–H groups in total. The van der Waals surface area contributed by atoms with Gasteiger partial charge in [-0.2, -0.15) is 5.10 Å². The Morgan fingerprint density at radius 2 is 1.81 bits per heavy atom. The van der Waals surface area contributed by atoms with Gasteiger partial charge in [-0.15, -0.1) is 10.6 Å². The minimum atomic E-state index is 0.547.